The summed E-state index contributed by atoms with van der Waals surface area (Å²) in [5.41, 5.74) is 5.72. The van der Waals surface area contributed by atoms with E-state index in [2.05, 4.69) is 32.2 Å². The molecule has 0 saturated heterocycles. The fraction of sp³-hybridized carbons (Fsp3) is 0.500. The Hall–Kier alpha value is -2.18. The summed E-state index contributed by atoms with van der Waals surface area (Å²) in [6, 6.07) is 0.338. The molecule has 1 atom stereocenters. The first-order chi connectivity index (χ1) is 9.20. The van der Waals surface area contributed by atoms with Crippen LogP contribution >= 0.6 is 0 Å². The van der Waals surface area contributed by atoms with E-state index in [4.69, 9.17) is 5.73 Å². The van der Waals surface area contributed by atoms with Crippen LogP contribution in [-0.4, -0.2) is 30.5 Å². The number of nitrogens with one attached hydrogen (secondary N) is 1. The number of nitrogen functional groups attached to an aromatic ring is 1. The van der Waals surface area contributed by atoms with E-state index in [0.717, 1.165) is 12.3 Å². The van der Waals surface area contributed by atoms with Gasteiger partial charge in [0, 0.05) is 18.4 Å². The lowest BCUT2D eigenvalue weighted by molar-refractivity contribution is 0.636. The lowest BCUT2D eigenvalue weighted by atomic mass is 10.2. The van der Waals surface area contributed by atoms with E-state index in [1.165, 1.54) is 12.8 Å². The van der Waals surface area contributed by atoms with Crippen LogP contribution in [0.3, 0.4) is 0 Å². The van der Waals surface area contributed by atoms with Crippen molar-refractivity contribution < 1.29 is 0 Å². The average Bonchev–Trinajstić information content (AvgIpc) is 2.99. The molecule has 2 heterocycles. The Labute approximate surface area is 111 Å². The minimum absolute atomic E-state index is 0.208. The van der Waals surface area contributed by atoms with E-state index in [9.17, 15) is 0 Å². The third kappa shape index (κ3) is 2.98. The fourth-order valence-corrected chi connectivity index (χ4v) is 2.07. The van der Waals surface area contributed by atoms with Crippen molar-refractivity contribution in [1.29, 1.82) is 0 Å². The lowest BCUT2D eigenvalue weighted by Gasteiger charge is -2.13. The minimum Gasteiger partial charge on any atom is -0.368 e. The van der Waals surface area contributed by atoms with Crippen molar-refractivity contribution in [3.63, 3.8) is 0 Å². The van der Waals surface area contributed by atoms with Crippen molar-refractivity contribution in [3.8, 4) is 5.95 Å². The van der Waals surface area contributed by atoms with Gasteiger partial charge in [0.15, 0.2) is 0 Å². The smallest absolute Gasteiger partial charge is 0.241 e. The van der Waals surface area contributed by atoms with Gasteiger partial charge in [-0.1, -0.05) is 12.8 Å². The van der Waals surface area contributed by atoms with Gasteiger partial charge in [-0.3, -0.25) is 4.57 Å². The number of imidazole rings is 1. The molecule has 0 aliphatic heterocycles. The van der Waals surface area contributed by atoms with Gasteiger partial charge in [0.1, 0.15) is 6.33 Å². The second-order valence-electron chi connectivity index (χ2n) is 5.01. The number of rotatable bonds is 5. The largest absolute Gasteiger partial charge is 0.368 e. The highest BCUT2D eigenvalue weighted by atomic mass is 15.3. The Kier molecular flexibility index (Phi) is 3.02. The third-order valence-electron chi connectivity index (χ3n) is 3.14. The lowest BCUT2D eigenvalue weighted by Crippen LogP contribution is -2.19. The van der Waals surface area contributed by atoms with Gasteiger partial charge >= 0.3 is 0 Å². The van der Waals surface area contributed by atoms with Crippen LogP contribution in [0.2, 0.25) is 0 Å². The Morgan fingerprint density at radius 3 is 2.95 bits per heavy atom. The first-order valence-corrected chi connectivity index (χ1v) is 6.47. The van der Waals surface area contributed by atoms with Crippen LogP contribution in [0.25, 0.3) is 5.95 Å². The number of nitrogens with zero attached hydrogens (tertiary/aromatic N) is 5. The molecule has 3 N–H and O–H groups in total. The van der Waals surface area contributed by atoms with Crippen molar-refractivity contribution in [2.24, 2.45) is 5.92 Å². The second kappa shape index (κ2) is 4.83. The minimum atomic E-state index is 0.208. The highest BCUT2D eigenvalue weighted by Gasteiger charge is 2.23. The van der Waals surface area contributed by atoms with Crippen LogP contribution in [-0.2, 0) is 0 Å². The van der Waals surface area contributed by atoms with Crippen LogP contribution in [0.5, 0.6) is 0 Å². The van der Waals surface area contributed by atoms with Crippen LogP contribution in [0.4, 0.5) is 11.9 Å². The Morgan fingerprint density at radius 1 is 1.42 bits per heavy atom. The molecule has 7 heteroatoms. The average molecular weight is 259 g/mol. The zero-order valence-corrected chi connectivity index (χ0v) is 10.8. The second-order valence-corrected chi connectivity index (χ2v) is 5.01. The highest BCUT2D eigenvalue weighted by molar-refractivity contribution is 5.35. The van der Waals surface area contributed by atoms with Crippen molar-refractivity contribution in [2.75, 3.05) is 11.1 Å². The summed E-state index contributed by atoms with van der Waals surface area (Å²) < 4.78 is 1.70. The Bertz CT molecular complexity index is 547. The van der Waals surface area contributed by atoms with Gasteiger partial charge in [0.05, 0.1) is 0 Å². The molecule has 0 radical (unpaired) electrons. The molecule has 2 aromatic heterocycles. The molecule has 2 aromatic rings. The van der Waals surface area contributed by atoms with E-state index < -0.39 is 0 Å². The Morgan fingerprint density at radius 2 is 2.26 bits per heavy atom. The molecule has 1 aliphatic carbocycles. The van der Waals surface area contributed by atoms with E-state index in [-0.39, 0.29) is 5.95 Å². The zero-order chi connectivity index (χ0) is 13.2. The van der Waals surface area contributed by atoms with Crippen LogP contribution in [0.1, 0.15) is 26.2 Å². The van der Waals surface area contributed by atoms with Gasteiger partial charge in [0.25, 0.3) is 0 Å². The van der Waals surface area contributed by atoms with Gasteiger partial charge in [0.2, 0.25) is 17.8 Å². The molecule has 0 bridgehead atoms. The number of aromatic nitrogens is 5. The summed E-state index contributed by atoms with van der Waals surface area (Å²) in [6.07, 6.45) is 8.89. The topological polar surface area (TPSA) is 94.5 Å². The molecule has 0 aromatic carbocycles. The SMILES string of the molecule is CC(CC1CC1)Nc1nc(N)nc(-n2ccnc2)n1. The molecule has 100 valence electrons. The number of anilines is 2. The molecule has 7 nitrogen and oxygen atoms in total. The first-order valence-electron chi connectivity index (χ1n) is 6.47. The maximum absolute atomic E-state index is 5.72. The zero-order valence-electron chi connectivity index (χ0n) is 10.8. The molecule has 0 amide bonds. The van der Waals surface area contributed by atoms with Gasteiger partial charge in [-0.2, -0.15) is 15.0 Å². The predicted octanol–water partition coefficient (Wildman–Crippen LogP) is 1.24. The molecule has 1 saturated carbocycles. The van der Waals surface area contributed by atoms with Gasteiger partial charge in [-0.05, 0) is 19.3 Å². The summed E-state index contributed by atoms with van der Waals surface area (Å²) in [5, 5.41) is 3.28. The molecule has 19 heavy (non-hydrogen) atoms. The normalized spacial score (nSPS) is 16.3. The standard InChI is InChI=1S/C12H17N7/c1-8(6-9-2-3-9)15-11-16-10(13)17-12(18-11)19-5-4-14-7-19/h4-5,7-9H,2-3,6H2,1H3,(H3,13,15,16,17,18). The summed E-state index contributed by atoms with van der Waals surface area (Å²) >= 11 is 0. The van der Waals surface area contributed by atoms with Crippen LogP contribution in [0.15, 0.2) is 18.7 Å². The fourth-order valence-electron chi connectivity index (χ4n) is 2.07. The first kappa shape index (κ1) is 11.9. The number of hydrogen-bond acceptors (Lipinski definition) is 6. The Balaban J connectivity index is 1.77. The monoisotopic (exact) mass is 259 g/mol. The van der Waals surface area contributed by atoms with Crippen molar-refractivity contribution in [2.45, 2.75) is 32.2 Å². The summed E-state index contributed by atoms with van der Waals surface area (Å²) in [4.78, 5) is 16.5. The van der Waals surface area contributed by atoms with Crippen molar-refractivity contribution in [3.05, 3.63) is 18.7 Å². The molecule has 0 spiro atoms. The van der Waals surface area contributed by atoms with Crippen LogP contribution < -0.4 is 11.1 Å². The molecular formula is C12H17N7. The van der Waals surface area contributed by atoms with Crippen molar-refractivity contribution >= 4 is 11.9 Å². The van der Waals surface area contributed by atoms with Gasteiger partial charge in [-0.25, -0.2) is 4.98 Å². The number of nitrogens with two attached hydrogens (primary N) is 1. The van der Waals surface area contributed by atoms with Crippen LogP contribution in [0, 0.1) is 5.92 Å². The summed E-state index contributed by atoms with van der Waals surface area (Å²) in [7, 11) is 0. The predicted molar refractivity (Wildman–Crippen MR) is 71.8 cm³/mol. The van der Waals surface area contributed by atoms with Gasteiger partial charge < -0.3 is 11.1 Å². The summed E-state index contributed by atoms with van der Waals surface area (Å²) in [6.45, 7) is 2.13. The molecule has 1 unspecified atom stereocenters. The molecule has 1 fully saturated rings. The number of hydrogen-bond donors (Lipinski definition) is 2. The highest BCUT2D eigenvalue weighted by Crippen LogP contribution is 2.33. The van der Waals surface area contributed by atoms with Crippen molar-refractivity contribution in [1.82, 2.24) is 24.5 Å². The molecular weight excluding hydrogens is 242 g/mol. The van der Waals surface area contributed by atoms with E-state index in [1.54, 1.807) is 23.3 Å². The van der Waals surface area contributed by atoms with E-state index in [0.29, 0.717) is 17.9 Å². The third-order valence-corrected chi connectivity index (χ3v) is 3.14. The maximum Gasteiger partial charge on any atom is 0.241 e. The quantitative estimate of drug-likeness (QED) is 0.839. The van der Waals surface area contributed by atoms with Gasteiger partial charge in [-0.15, -0.1) is 0 Å². The molecule has 3 rings (SSSR count). The molecule has 1 aliphatic rings. The van der Waals surface area contributed by atoms with E-state index in [1.807, 2.05) is 0 Å². The maximum atomic E-state index is 5.72. The van der Waals surface area contributed by atoms with E-state index >= 15 is 0 Å². The summed E-state index contributed by atoms with van der Waals surface area (Å²) in [5.74, 6) is 2.06.